The van der Waals surface area contributed by atoms with E-state index < -0.39 is 18.2 Å². The van der Waals surface area contributed by atoms with E-state index in [0.29, 0.717) is 21.5 Å². The molecule has 0 heterocycles. The molecule has 0 radical (unpaired) electrons. The molecule has 0 aliphatic carbocycles. The van der Waals surface area contributed by atoms with Gasteiger partial charge in [-0.05, 0) is 28.1 Å². The Balaban J connectivity index is 3.25. The van der Waals surface area contributed by atoms with E-state index in [1.807, 2.05) is 0 Å². The number of halogens is 1. The molecular formula is C13H15BrO6. The van der Waals surface area contributed by atoms with Gasteiger partial charge < -0.3 is 18.9 Å². The van der Waals surface area contributed by atoms with Crippen LogP contribution in [0.5, 0.6) is 11.5 Å². The molecule has 0 aromatic heterocycles. The summed E-state index contributed by atoms with van der Waals surface area (Å²) in [6, 6.07) is 3.24. The molecule has 1 aromatic rings. The van der Waals surface area contributed by atoms with Gasteiger partial charge in [0.05, 0.1) is 24.3 Å². The lowest BCUT2D eigenvalue weighted by Gasteiger charge is -2.20. The van der Waals surface area contributed by atoms with Crippen LogP contribution in [0.25, 0.3) is 0 Å². The van der Waals surface area contributed by atoms with E-state index in [2.05, 4.69) is 15.9 Å². The SMILES string of the molecule is COc1ccc(C(OC(C)=O)OC(C)=O)c(Br)c1OC. The largest absolute Gasteiger partial charge is 0.493 e. The molecule has 0 saturated carbocycles. The number of hydrogen-bond acceptors (Lipinski definition) is 6. The normalized spacial score (nSPS) is 10.1. The van der Waals surface area contributed by atoms with Crippen LogP contribution >= 0.6 is 15.9 Å². The number of rotatable bonds is 5. The first-order valence-electron chi connectivity index (χ1n) is 5.65. The highest BCUT2D eigenvalue weighted by atomic mass is 79.9. The summed E-state index contributed by atoms with van der Waals surface area (Å²) >= 11 is 3.33. The second kappa shape index (κ2) is 7.14. The Morgan fingerprint density at radius 3 is 2.00 bits per heavy atom. The van der Waals surface area contributed by atoms with E-state index in [9.17, 15) is 9.59 Å². The molecule has 0 unspecified atom stereocenters. The molecule has 0 aliphatic rings. The Morgan fingerprint density at radius 2 is 1.60 bits per heavy atom. The van der Waals surface area contributed by atoms with Gasteiger partial charge in [-0.2, -0.15) is 0 Å². The Morgan fingerprint density at radius 1 is 1.05 bits per heavy atom. The van der Waals surface area contributed by atoms with Gasteiger partial charge in [0, 0.05) is 13.8 Å². The molecule has 110 valence electrons. The second-order valence-corrected chi connectivity index (χ2v) is 4.55. The lowest BCUT2D eigenvalue weighted by molar-refractivity contribution is -0.186. The zero-order chi connectivity index (χ0) is 15.3. The zero-order valence-electron chi connectivity index (χ0n) is 11.6. The summed E-state index contributed by atoms with van der Waals surface area (Å²) < 4.78 is 20.8. The van der Waals surface area contributed by atoms with E-state index in [0.717, 1.165) is 0 Å². The van der Waals surface area contributed by atoms with Gasteiger partial charge in [0.1, 0.15) is 0 Å². The van der Waals surface area contributed by atoms with Gasteiger partial charge in [0.25, 0.3) is 6.29 Å². The van der Waals surface area contributed by atoms with Crippen molar-refractivity contribution in [1.29, 1.82) is 0 Å². The van der Waals surface area contributed by atoms with Crippen molar-refractivity contribution in [3.8, 4) is 11.5 Å². The van der Waals surface area contributed by atoms with Crippen LogP contribution in [0.15, 0.2) is 16.6 Å². The summed E-state index contributed by atoms with van der Waals surface area (Å²) in [4.78, 5) is 22.2. The molecule has 6 nitrogen and oxygen atoms in total. The third-order valence-electron chi connectivity index (χ3n) is 2.31. The highest BCUT2D eigenvalue weighted by molar-refractivity contribution is 9.10. The Kier molecular flexibility index (Phi) is 5.82. The minimum Gasteiger partial charge on any atom is -0.493 e. The molecule has 0 bridgehead atoms. The average Bonchev–Trinajstić information content (AvgIpc) is 2.36. The summed E-state index contributed by atoms with van der Waals surface area (Å²) in [6.07, 6.45) is -1.15. The van der Waals surface area contributed by atoms with Crippen LogP contribution in [-0.4, -0.2) is 26.2 Å². The number of benzene rings is 1. The molecule has 0 N–H and O–H groups in total. The number of carbonyl (C=O) groups excluding carboxylic acids is 2. The zero-order valence-corrected chi connectivity index (χ0v) is 13.1. The molecule has 0 fully saturated rings. The van der Waals surface area contributed by atoms with E-state index in [1.165, 1.54) is 28.1 Å². The lowest BCUT2D eigenvalue weighted by atomic mass is 10.2. The van der Waals surface area contributed by atoms with Crippen molar-refractivity contribution in [2.24, 2.45) is 0 Å². The van der Waals surface area contributed by atoms with Crippen molar-refractivity contribution in [3.05, 3.63) is 22.2 Å². The minimum atomic E-state index is -1.15. The maximum atomic E-state index is 11.1. The van der Waals surface area contributed by atoms with Gasteiger partial charge >= 0.3 is 11.9 Å². The molecule has 1 rings (SSSR count). The first kappa shape index (κ1) is 16.3. The predicted octanol–water partition coefficient (Wildman–Crippen LogP) is 2.59. The van der Waals surface area contributed by atoms with Crippen LogP contribution in [0.4, 0.5) is 0 Å². The van der Waals surface area contributed by atoms with Crippen LogP contribution in [0.2, 0.25) is 0 Å². The van der Waals surface area contributed by atoms with Gasteiger partial charge in [0.15, 0.2) is 11.5 Å². The Labute approximate surface area is 125 Å². The van der Waals surface area contributed by atoms with E-state index in [1.54, 1.807) is 12.1 Å². The van der Waals surface area contributed by atoms with E-state index in [4.69, 9.17) is 18.9 Å². The number of hydrogen-bond donors (Lipinski definition) is 0. The first-order valence-corrected chi connectivity index (χ1v) is 6.44. The average molecular weight is 347 g/mol. The standard InChI is InChI=1S/C13H15BrO6/c1-7(15)19-13(20-8(2)16)9-5-6-10(17-3)12(18-4)11(9)14/h5-6,13H,1-4H3. The molecule has 20 heavy (non-hydrogen) atoms. The van der Waals surface area contributed by atoms with Crippen molar-refractivity contribution in [2.45, 2.75) is 20.1 Å². The molecule has 0 saturated heterocycles. The molecule has 0 spiro atoms. The van der Waals surface area contributed by atoms with Crippen molar-refractivity contribution in [3.63, 3.8) is 0 Å². The summed E-state index contributed by atoms with van der Waals surface area (Å²) in [5.74, 6) is -0.238. The monoisotopic (exact) mass is 346 g/mol. The Bertz CT molecular complexity index is 498. The van der Waals surface area contributed by atoms with Gasteiger partial charge in [-0.1, -0.05) is 0 Å². The summed E-state index contributed by atoms with van der Waals surface area (Å²) in [7, 11) is 2.97. The van der Waals surface area contributed by atoms with E-state index in [-0.39, 0.29) is 0 Å². The number of esters is 2. The first-order chi connectivity index (χ1) is 9.40. The topological polar surface area (TPSA) is 71.1 Å². The van der Waals surface area contributed by atoms with Crippen molar-refractivity contribution in [1.82, 2.24) is 0 Å². The van der Waals surface area contributed by atoms with E-state index >= 15 is 0 Å². The molecule has 1 aromatic carbocycles. The third kappa shape index (κ3) is 3.86. The van der Waals surface area contributed by atoms with Crippen LogP contribution in [0.3, 0.4) is 0 Å². The summed E-state index contributed by atoms with van der Waals surface area (Å²) in [5, 5.41) is 0. The fraction of sp³-hybridized carbons (Fsp3) is 0.385. The maximum absolute atomic E-state index is 11.1. The van der Waals surface area contributed by atoms with Gasteiger partial charge in [-0.15, -0.1) is 0 Å². The second-order valence-electron chi connectivity index (χ2n) is 3.76. The van der Waals surface area contributed by atoms with Gasteiger partial charge in [-0.25, -0.2) is 0 Å². The molecule has 0 atom stereocenters. The minimum absolute atomic E-state index is 0.411. The van der Waals surface area contributed by atoms with Crippen molar-refractivity contribution >= 4 is 27.9 Å². The molecule has 0 aliphatic heterocycles. The van der Waals surface area contributed by atoms with Gasteiger partial charge in [-0.3, -0.25) is 9.59 Å². The van der Waals surface area contributed by atoms with Crippen LogP contribution < -0.4 is 9.47 Å². The Hall–Kier alpha value is -1.76. The van der Waals surface area contributed by atoms with Crippen LogP contribution in [0, 0.1) is 0 Å². The van der Waals surface area contributed by atoms with Gasteiger partial charge in [0.2, 0.25) is 0 Å². The van der Waals surface area contributed by atoms with Crippen LogP contribution in [-0.2, 0) is 19.1 Å². The summed E-state index contributed by atoms with van der Waals surface area (Å²) in [5.41, 5.74) is 0.438. The molecule has 7 heteroatoms. The fourth-order valence-electron chi connectivity index (χ4n) is 1.54. The highest BCUT2D eigenvalue weighted by Gasteiger charge is 2.24. The number of ether oxygens (including phenoxy) is 4. The van der Waals surface area contributed by atoms with Crippen LogP contribution in [0.1, 0.15) is 25.7 Å². The molecule has 0 amide bonds. The fourth-order valence-corrected chi connectivity index (χ4v) is 2.22. The number of methoxy groups -OCH3 is 2. The molecular weight excluding hydrogens is 332 g/mol. The highest BCUT2D eigenvalue weighted by Crippen LogP contribution is 2.40. The smallest absolute Gasteiger partial charge is 0.305 e. The van der Waals surface area contributed by atoms with Crippen molar-refractivity contribution in [2.75, 3.05) is 14.2 Å². The predicted molar refractivity (Wildman–Crippen MR) is 73.5 cm³/mol. The lowest BCUT2D eigenvalue weighted by Crippen LogP contribution is -2.15. The maximum Gasteiger partial charge on any atom is 0.305 e. The summed E-state index contributed by atoms with van der Waals surface area (Å²) in [6.45, 7) is 2.45. The van der Waals surface area contributed by atoms with Crippen molar-refractivity contribution < 1.29 is 28.5 Å². The third-order valence-corrected chi connectivity index (χ3v) is 3.13. The number of carbonyl (C=O) groups is 2. The quantitative estimate of drug-likeness (QED) is 0.602.